The van der Waals surface area contributed by atoms with Gasteiger partial charge in [0.05, 0.1) is 11.8 Å². The van der Waals surface area contributed by atoms with Crippen LogP contribution in [0.2, 0.25) is 5.02 Å². The summed E-state index contributed by atoms with van der Waals surface area (Å²) >= 11 is 6.12. The van der Waals surface area contributed by atoms with Crippen molar-refractivity contribution in [2.45, 2.75) is 32.0 Å². The Hall–Kier alpha value is -3.00. The predicted molar refractivity (Wildman–Crippen MR) is 137 cm³/mol. The van der Waals surface area contributed by atoms with E-state index < -0.39 is 0 Å². The molecule has 7 nitrogen and oxygen atoms in total. The highest BCUT2D eigenvalue weighted by Crippen LogP contribution is 2.25. The Balaban J connectivity index is 1.15. The third kappa shape index (κ3) is 5.73. The molecule has 1 fully saturated rings. The predicted octanol–water partition coefficient (Wildman–Crippen LogP) is 4.59. The molecule has 1 aromatic carbocycles. The maximum Gasteiger partial charge on any atom is 0.0922 e. The van der Waals surface area contributed by atoms with Gasteiger partial charge in [-0.2, -0.15) is 0 Å². The number of imidazole rings is 1. The number of halogens is 1. The van der Waals surface area contributed by atoms with Crippen molar-refractivity contribution in [1.29, 1.82) is 0 Å². The van der Waals surface area contributed by atoms with E-state index in [2.05, 4.69) is 47.2 Å². The molecule has 4 aromatic rings. The molecule has 0 aliphatic carbocycles. The molecule has 3 aromatic heterocycles. The number of benzene rings is 1. The Bertz CT molecular complexity index is 1170. The van der Waals surface area contributed by atoms with Crippen LogP contribution >= 0.6 is 11.6 Å². The summed E-state index contributed by atoms with van der Waals surface area (Å²) in [5, 5.41) is 5.42. The Labute approximate surface area is 205 Å². The summed E-state index contributed by atoms with van der Waals surface area (Å²) in [6.45, 7) is 5.95. The second-order valence-electron chi connectivity index (χ2n) is 8.86. The molecule has 0 atom stereocenters. The molecule has 0 saturated carbocycles. The molecule has 1 saturated heterocycles. The fourth-order valence-corrected chi connectivity index (χ4v) is 4.93. The summed E-state index contributed by atoms with van der Waals surface area (Å²) in [6, 6.07) is 12.7. The number of anilines is 1. The van der Waals surface area contributed by atoms with Gasteiger partial charge in [0.2, 0.25) is 0 Å². The lowest BCUT2D eigenvalue weighted by Crippen LogP contribution is -2.45. The lowest BCUT2D eigenvalue weighted by Gasteiger charge is -2.38. The van der Waals surface area contributed by atoms with Crippen molar-refractivity contribution in [3.63, 3.8) is 0 Å². The zero-order valence-corrected chi connectivity index (χ0v) is 20.0. The van der Waals surface area contributed by atoms with Crippen molar-refractivity contribution in [3.05, 3.63) is 83.8 Å². The van der Waals surface area contributed by atoms with Gasteiger partial charge in [0, 0.05) is 78.8 Å². The monoisotopic (exact) mass is 475 g/mol. The van der Waals surface area contributed by atoms with Crippen LogP contribution in [0.3, 0.4) is 0 Å². The number of H-pyrrole nitrogens is 1. The fraction of sp³-hybridized carbons (Fsp3) is 0.346. The van der Waals surface area contributed by atoms with E-state index in [0.29, 0.717) is 11.1 Å². The van der Waals surface area contributed by atoms with E-state index in [-0.39, 0.29) is 0 Å². The molecule has 34 heavy (non-hydrogen) atoms. The number of aromatic amines is 1. The maximum atomic E-state index is 6.12. The number of likely N-dealkylation sites (tertiary alicyclic amines) is 1. The van der Waals surface area contributed by atoms with Gasteiger partial charge in [0.15, 0.2) is 0 Å². The van der Waals surface area contributed by atoms with Crippen molar-refractivity contribution in [3.8, 4) is 0 Å². The van der Waals surface area contributed by atoms with Gasteiger partial charge in [-0.15, -0.1) is 0 Å². The summed E-state index contributed by atoms with van der Waals surface area (Å²) < 4.78 is 0. The van der Waals surface area contributed by atoms with E-state index in [4.69, 9.17) is 11.6 Å². The van der Waals surface area contributed by atoms with E-state index in [0.717, 1.165) is 74.4 Å². The topological polar surface area (TPSA) is 73.0 Å². The fourth-order valence-electron chi connectivity index (χ4n) is 4.76. The molecule has 1 aliphatic heterocycles. The van der Waals surface area contributed by atoms with E-state index in [1.165, 1.54) is 5.56 Å². The third-order valence-electron chi connectivity index (χ3n) is 6.59. The highest BCUT2D eigenvalue weighted by atomic mass is 35.5. The van der Waals surface area contributed by atoms with Gasteiger partial charge in [-0.3, -0.25) is 14.9 Å². The number of rotatable bonds is 9. The van der Waals surface area contributed by atoms with Crippen LogP contribution in [-0.2, 0) is 13.1 Å². The van der Waals surface area contributed by atoms with Gasteiger partial charge in [-0.1, -0.05) is 11.6 Å². The van der Waals surface area contributed by atoms with E-state index in [9.17, 15) is 0 Å². The van der Waals surface area contributed by atoms with Crippen LogP contribution in [0.15, 0.2) is 67.5 Å². The van der Waals surface area contributed by atoms with Crippen LogP contribution in [0.25, 0.3) is 10.9 Å². The second kappa shape index (κ2) is 11.0. The summed E-state index contributed by atoms with van der Waals surface area (Å²) in [5.41, 5.74) is 4.49. The molecule has 176 valence electrons. The van der Waals surface area contributed by atoms with E-state index in [1.54, 1.807) is 6.33 Å². The van der Waals surface area contributed by atoms with Crippen molar-refractivity contribution in [2.75, 3.05) is 31.5 Å². The minimum atomic E-state index is 0.551. The van der Waals surface area contributed by atoms with Crippen LogP contribution < -0.4 is 5.32 Å². The van der Waals surface area contributed by atoms with Gasteiger partial charge in [-0.05, 0) is 67.9 Å². The Morgan fingerprint density at radius 1 is 1.03 bits per heavy atom. The van der Waals surface area contributed by atoms with Crippen molar-refractivity contribution in [2.24, 2.45) is 0 Å². The SMILES string of the molecule is Clc1ccc2c(NCCN3CCC(N(Cc4ccncc4)Cc4cnc[nH]4)CC3)ccnc2c1. The molecular weight excluding hydrogens is 446 g/mol. The third-order valence-corrected chi connectivity index (χ3v) is 6.82. The van der Waals surface area contributed by atoms with Gasteiger partial charge in [-0.25, -0.2) is 4.98 Å². The number of piperidine rings is 1. The van der Waals surface area contributed by atoms with Crippen LogP contribution in [0.1, 0.15) is 24.1 Å². The molecule has 1 aliphatic rings. The molecule has 5 rings (SSSR count). The van der Waals surface area contributed by atoms with Gasteiger partial charge in [0.1, 0.15) is 0 Å². The molecule has 0 radical (unpaired) electrons. The lowest BCUT2D eigenvalue weighted by atomic mass is 10.0. The van der Waals surface area contributed by atoms with Crippen LogP contribution in [0.5, 0.6) is 0 Å². The van der Waals surface area contributed by atoms with Crippen molar-refractivity contribution in [1.82, 2.24) is 29.7 Å². The quantitative estimate of drug-likeness (QED) is 0.369. The minimum Gasteiger partial charge on any atom is -0.383 e. The van der Waals surface area contributed by atoms with E-state index in [1.807, 2.05) is 49.1 Å². The molecule has 4 heterocycles. The standard InChI is InChI=1S/C26H30ClN7/c27-21-1-2-24-25(5-10-30-26(24)15-21)31-11-14-33-12-6-23(7-13-33)34(18-22-16-29-19-32-22)17-20-3-8-28-9-4-20/h1-5,8-10,15-16,19,23H,6-7,11-14,17-18H2,(H,29,32)(H,30,31). The Kier molecular flexibility index (Phi) is 7.34. The van der Waals surface area contributed by atoms with Crippen LogP contribution in [-0.4, -0.2) is 62.0 Å². The number of fused-ring (bicyclic) bond motifs is 1. The summed E-state index contributed by atoms with van der Waals surface area (Å²) in [6.07, 6.45) is 11.6. The molecule has 2 N–H and O–H groups in total. The summed E-state index contributed by atoms with van der Waals surface area (Å²) in [7, 11) is 0. The molecule has 0 bridgehead atoms. The number of aromatic nitrogens is 4. The average molecular weight is 476 g/mol. The first-order valence-electron chi connectivity index (χ1n) is 11.9. The van der Waals surface area contributed by atoms with Crippen molar-refractivity contribution < 1.29 is 0 Å². The molecule has 8 heteroatoms. The van der Waals surface area contributed by atoms with Crippen LogP contribution in [0.4, 0.5) is 5.69 Å². The van der Waals surface area contributed by atoms with E-state index >= 15 is 0 Å². The Morgan fingerprint density at radius 2 is 1.88 bits per heavy atom. The zero-order chi connectivity index (χ0) is 23.2. The van der Waals surface area contributed by atoms with Gasteiger partial charge < -0.3 is 15.2 Å². The number of nitrogens with zero attached hydrogens (tertiary/aromatic N) is 5. The zero-order valence-electron chi connectivity index (χ0n) is 19.2. The molecule has 0 unspecified atom stereocenters. The smallest absolute Gasteiger partial charge is 0.0922 e. The summed E-state index contributed by atoms with van der Waals surface area (Å²) in [5.74, 6) is 0. The average Bonchev–Trinajstić information content (AvgIpc) is 3.38. The molecule has 0 spiro atoms. The highest BCUT2D eigenvalue weighted by Gasteiger charge is 2.25. The number of hydrogen-bond donors (Lipinski definition) is 2. The highest BCUT2D eigenvalue weighted by molar-refractivity contribution is 6.31. The normalized spacial score (nSPS) is 15.2. The van der Waals surface area contributed by atoms with Gasteiger partial charge in [0.25, 0.3) is 0 Å². The Morgan fingerprint density at radius 3 is 2.68 bits per heavy atom. The molecule has 0 amide bonds. The lowest BCUT2D eigenvalue weighted by molar-refractivity contribution is 0.0975. The summed E-state index contributed by atoms with van der Waals surface area (Å²) in [4.78, 5) is 21.2. The van der Waals surface area contributed by atoms with Crippen LogP contribution in [0, 0.1) is 0 Å². The number of nitrogens with one attached hydrogen (secondary N) is 2. The second-order valence-corrected chi connectivity index (χ2v) is 9.29. The maximum absolute atomic E-state index is 6.12. The molecular formula is C26H30ClN7. The largest absolute Gasteiger partial charge is 0.383 e. The number of pyridine rings is 2. The first-order chi connectivity index (χ1) is 16.7. The first kappa shape index (κ1) is 22.8. The minimum absolute atomic E-state index is 0.551. The van der Waals surface area contributed by atoms with Gasteiger partial charge >= 0.3 is 0 Å². The first-order valence-corrected chi connectivity index (χ1v) is 12.2. The van der Waals surface area contributed by atoms with Crippen molar-refractivity contribution >= 4 is 28.2 Å². The number of hydrogen-bond acceptors (Lipinski definition) is 6.